The summed E-state index contributed by atoms with van der Waals surface area (Å²) in [6, 6.07) is 7.02. The standard InChI is InChI=1S/C18H25N3O2S/c1-12(10-22)20-16(23)13-5-7-14(8-6-13)19-9-15-11-24-17(21-15)18(2,3)4/h5-8,11-12,19,22H,9-10H2,1-4H3,(H,20,23). The topological polar surface area (TPSA) is 74.2 Å². The Morgan fingerprint density at radius 2 is 1.96 bits per heavy atom. The number of carbonyl (C=O) groups excluding carboxylic acids is 1. The molecule has 0 bridgehead atoms. The van der Waals surface area contributed by atoms with Gasteiger partial charge in [-0.25, -0.2) is 4.98 Å². The Morgan fingerprint density at radius 3 is 2.50 bits per heavy atom. The maximum absolute atomic E-state index is 12.0. The first-order valence-electron chi connectivity index (χ1n) is 8.00. The molecule has 1 unspecified atom stereocenters. The fraction of sp³-hybridized carbons (Fsp3) is 0.444. The van der Waals surface area contributed by atoms with Crippen LogP contribution in [0.3, 0.4) is 0 Å². The van der Waals surface area contributed by atoms with E-state index < -0.39 is 0 Å². The van der Waals surface area contributed by atoms with E-state index in [-0.39, 0.29) is 24.0 Å². The van der Waals surface area contributed by atoms with Crippen LogP contribution >= 0.6 is 11.3 Å². The Hall–Kier alpha value is -1.92. The Kier molecular flexibility index (Phi) is 5.96. The van der Waals surface area contributed by atoms with Crippen molar-refractivity contribution in [1.29, 1.82) is 0 Å². The predicted octanol–water partition coefficient (Wildman–Crippen LogP) is 3.16. The van der Waals surface area contributed by atoms with Crippen LogP contribution in [0.5, 0.6) is 0 Å². The molecule has 6 heteroatoms. The average molecular weight is 347 g/mol. The van der Waals surface area contributed by atoms with Crippen LogP contribution in [-0.4, -0.2) is 28.6 Å². The minimum atomic E-state index is -0.253. The second-order valence-electron chi connectivity index (χ2n) is 6.88. The number of aliphatic hydroxyl groups excluding tert-OH is 1. The lowest BCUT2D eigenvalue weighted by molar-refractivity contribution is 0.0922. The molecule has 1 atom stereocenters. The third-order valence-corrected chi connectivity index (χ3v) is 4.78. The maximum atomic E-state index is 12.0. The normalized spacial score (nSPS) is 12.7. The van der Waals surface area contributed by atoms with Crippen molar-refractivity contribution in [3.05, 3.63) is 45.9 Å². The van der Waals surface area contributed by atoms with Gasteiger partial charge in [-0.3, -0.25) is 4.79 Å². The van der Waals surface area contributed by atoms with Crippen LogP contribution in [0.1, 0.15) is 48.8 Å². The lowest BCUT2D eigenvalue weighted by atomic mass is 9.98. The molecule has 2 rings (SSSR count). The Morgan fingerprint density at radius 1 is 1.29 bits per heavy atom. The van der Waals surface area contributed by atoms with Crippen molar-refractivity contribution in [2.75, 3.05) is 11.9 Å². The lowest BCUT2D eigenvalue weighted by Gasteiger charge is -2.13. The molecule has 1 amide bonds. The summed E-state index contributed by atoms with van der Waals surface area (Å²) in [6.07, 6.45) is 0. The largest absolute Gasteiger partial charge is 0.394 e. The third kappa shape index (κ3) is 5.04. The molecule has 1 aromatic carbocycles. The van der Waals surface area contributed by atoms with Crippen LogP contribution in [0.15, 0.2) is 29.6 Å². The summed E-state index contributed by atoms with van der Waals surface area (Å²) in [6.45, 7) is 8.81. The molecule has 0 saturated heterocycles. The third-order valence-electron chi connectivity index (χ3n) is 3.47. The number of nitrogens with one attached hydrogen (secondary N) is 2. The number of hydrogen-bond acceptors (Lipinski definition) is 5. The predicted molar refractivity (Wildman–Crippen MR) is 98.6 cm³/mol. The van der Waals surface area contributed by atoms with Gasteiger partial charge in [0.05, 0.1) is 23.9 Å². The van der Waals surface area contributed by atoms with Gasteiger partial charge in [0.1, 0.15) is 0 Å². The summed E-state index contributed by atoms with van der Waals surface area (Å²) in [5.41, 5.74) is 2.60. The highest BCUT2D eigenvalue weighted by Crippen LogP contribution is 2.25. The molecule has 0 aliphatic rings. The van der Waals surface area contributed by atoms with Crippen molar-refractivity contribution in [2.24, 2.45) is 0 Å². The molecule has 24 heavy (non-hydrogen) atoms. The quantitative estimate of drug-likeness (QED) is 0.750. The van der Waals surface area contributed by atoms with Gasteiger partial charge in [0.15, 0.2) is 0 Å². The maximum Gasteiger partial charge on any atom is 0.251 e. The van der Waals surface area contributed by atoms with Crippen LogP contribution in [0.25, 0.3) is 0 Å². The highest BCUT2D eigenvalue weighted by atomic mass is 32.1. The molecule has 0 radical (unpaired) electrons. The van der Waals surface area contributed by atoms with Crippen LogP contribution in [0, 0.1) is 0 Å². The number of carbonyl (C=O) groups is 1. The number of amides is 1. The molecule has 0 saturated carbocycles. The average Bonchev–Trinajstić information content (AvgIpc) is 3.02. The Bertz CT molecular complexity index is 674. The molecule has 0 fully saturated rings. The van der Waals surface area contributed by atoms with E-state index in [9.17, 15) is 4.79 Å². The summed E-state index contributed by atoms with van der Waals surface area (Å²) >= 11 is 1.68. The second-order valence-corrected chi connectivity index (χ2v) is 7.74. The van der Waals surface area contributed by atoms with Crippen molar-refractivity contribution in [3.8, 4) is 0 Å². The van der Waals surface area contributed by atoms with Gasteiger partial charge in [-0.15, -0.1) is 11.3 Å². The number of rotatable bonds is 6. The fourth-order valence-electron chi connectivity index (χ4n) is 2.02. The van der Waals surface area contributed by atoms with Gasteiger partial charge in [-0.1, -0.05) is 20.8 Å². The summed E-state index contributed by atoms with van der Waals surface area (Å²) in [5, 5.41) is 18.2. The number of anilines is 1. The number of aliphatic hydroxyl groups is 1. The molecule has 5 nitrogen and oxygen atoms in total. The Labute approximate surface area is 147 Å². The first-order chi connectivity index (χ1) is 11.3. The zero-order chi connectivity index (χ0) is 17.7. The molecule has 1 heterocycles. The van der Waals surface area contributed by atoms with Crippen molar-refractivity contribution in [1.82, 2.24) is 10.3 Å². The number of aromatic nitrogens is 1. The van der Waals surface area contributed by atoms with Gasteiger partial charge < -0.3 is 15.7 Å². The van der Waals surface area contributed by atoms with Crippen molar-refractivity contribution >= 4 is 22.9 Å². The van der Waals surface area contributed by atoms with E-state index >= 15 is 0 Å². The highest BCUT2D eigenvalue weighted by Gasteiger charge is 2.17. The van der Waals surface area contributed by atoms with E-state index in [0.717, 1.165) is 16.4 Å². The number of nitrogens with zero attached hydrogens (tertiary/aromatic N) is 1. The lowest BCUT2D eigenvalue weighted by Crippen LogP contribution is -2.34. The summed E-state index contributed by atoms with van der Waals surface area (Å²) in [7, 11) is 0. The van der Waals surface area contributed by atoms with Crippen molar-refractivity contribution < 1.29 is 9.90 Å². The fourth-order valence-corrected chi connectivity index (χ4v) is 2.92. The first kappa shape index (κ1) is 18.4. The first-order valence-corrected chi connectivity index (χ1v) is 8.88. The van der Waals surface area contributed by atoms with Gasteiger partial charge in [-0.2, -0.15) is 0 Å². The zero-order valence-electron chi connectivity index (χ0n) is 14.6. The number of hydrogen-bond donors (Lipinski definition) is 3. The smallest absolute Gasteiger partial charge is 0.251 e. The highest BCUT2D eigenvalue weighted by molar-refractivity contribution is 7.09. The van der Waals surface area contributed by atoms with E-state index in [4.69, 9.17) is 5.11 Å². The molecular weight excluding hydrogens is 322 g/mol. The summed E-state index contributed by atoms with van der Waals surface area (Å²) in [5.74, 6) is -0.183. The molecule has 0 aliphatic carbocycles. The van der Waals surface area contributed by atoms with E-state index in [1.807, 2.05) is 12.1 Å². The number of thiazole rings is 1. The van der Waals surface area contributed by atoms with E-state index in [1.165, 1.54) is 0 Å². The van der Waals surface area contributed by atoms with Crippen molar-refractivity contribution in [2.45, 2.75) is 45.7 Å². The van der Waals surface area contributed by atoms with Gasteiger partial charge >= 0.3 is 0 Å². The molecule has 0 spiro atoms. The molecule has 1 aromatic heterocycles. The monoisotopic (exact) mass is 347 g/mol. The molecule has 130 valence electrons. The molecular formula is C18H25N3O2S. The van der Waals surface area contributed by atoms with Crippen molar-refractivity contribution in [3.63, 3.8) is 0 Å². The molecule has 0 aliphatic heterocycles. The molecule has 2 aromatic rings. The van der Waals surface area contributed by atoms with Gasteiger partial charge in [0.25, 0.3) is 5.91 Å². The summed E-state index contributed by atoms with van der Waals surface area (Å²) < 4.78 is 0. The minimum Gasteiger partial charge on any atom is -0.394 e. The van der Waals surface area contributed by atoms with Crippen LogP contribution < -0.4 is 10.6 Å². The number of benzene rings is 1. The zero-order valence-corrected chi connectivity index (χ0v) is 15.4. The van der Waals surface area contributed by atoms with Gasteiger partial charge in [0, 0.05) is 28.1 Å². The van der Waals surface area contributed by atoms with Gasteiger partial charge in [0.2, 0.25) is 0 Å². The summed E-state index contributed by atoms with van der Waals surface area (Å²) in [4.78, 5) is 16.6. The molecule has 3 N–H and O–H groups in total. The minimum absolute atomic E-state index is 0.0730. The Balaban J connectivity index is 1.92. The van der Waals surface area contributed by atoms with Crippen LogP contribution in [-0.2, 0) is 12.0 Å². The second kappa shape index (κ2) is 7.77. The SMILES string of the molecule is CC(CO)NC(=O)c1ccc(NCc2csc(C(C)(C)C)n2)cc1. The van der Waals surface area contributed by atoms with E-state index in [0.29, 0.717) is 12.1 Å². The van der Waals surface area contributed by atoms with E-state index in [1.54, 1.807) is 30.4 Å². The van der Waals surface area contributed by atoms with E-state index in [2.05, 4.69) is 41.8 Å². The van der Waals surface area contributed by atoms with Crippen LogP contribution in [0.2, 0.25) is 0 Å². The van der Waals surface area contributed by atoms with Crippen LogP contribution in [0.4, 0.5) is 5.69 Å². The van der Waals surface area contributed by atoms with Gasteiger partial charge in [-0.05, 0) is 31.2 Å².